The van der Waals surface area contributed by atoms with Crippen LogP contribution >= 0.6 is 0 Å². The lowest BCUT2D eigenvalue weighted by Crippen LogP contribution is -2.35. The second-order valence-electron chi connectivity index (χ2n) is 9.60. The van der Waals surface area contributed by atoms with Crippen molar-refractivity contribution in [3.05, 3.63) is 82.9 Å². The quantitative estimate of drug-likeness (QED) is 0.490. The lowest BCUT2D eigenvalue weighted by Gasteiger charge is -2.27. The molecule has 37 heavy (non-hydrogen) atoms. The first kappa shape index (κ1) is 24.6. The third kappa shape index (κ3) is 4.97. The van der Waals surface area contributed by atoms with E-state index < -0.39 is 17.9 Å². The molecule has 3 aromatic rings. The van der Waals surface area contributed by atoms with Gasteiger partial charge in [0.05, 0.1) is 19.6 Å². The SMILES string of the molecule is COc1ccc([C@@H]2[C@@H](C(=O)O)[C@H](c3ccc4c(c3)OCO4)CN2CC(=O)Nc2cc(C)ccc2C)cc1. The van der Waals surface area contributed by atoms with Crippen LogP contribution in [0.15, 0.2) is 60.7 Å². The molecule has 1 fully saturated rings. The van der Waals surface area contributed by atoms with Crippen LogP contribution in [0.3, 0.4) is 0 Å². The second-order valence-corrected chi connectivity index (χ2v) is 9.60. The van der Waals surface area contributed by atoms with Crippen LogP contribution in [-0.2, 0) is 9.59 Å². The summed E-state index contributed by atoms with van der Waals surface area (Å²) < 4.78 is 16.3. The number of aliphatic carboxylic acids is 1. The molecule has 0 saturated carbocycles. The molecule has 1 amide bonds. The summed E-state index contributed by atoms with van der Waals surface area (Å²) in [6.45, 7) is 4.51. The summed E-state index contributed by atoms with van der Waals surface area (Å²) >= 11 is 0. The highest BCUT2D eigenvalue weighted by Crippen LogP contribution is 2.47. The first-order chi connectivity index (χ1) is 17.8. The number of carbonyl (C=O) groups is 2. The van der Waals surface area contributed by atoms with Crippen LogP contribution in [0.5, 0.6) is 17.2 Å². The molecular weight excluding hydrogens is 472 g/mol. The maximum atomic E-state index is 13.2. The van der Waals surface area contributed by atoms with Gasteiger partial charge in [0.2, 0.25) is 12.7 Å². The number of carboxylic acids is 1. The summed E-state index contributed by atoms with van der Waals surface area (Å²) in [5.41, 5.74) is 4.43. The van der Waals surface area contributed by atoms with Crippen LogP contribution in [0.25, 0.3) is 0 Å². The molecule has 2 aliphatic rings. The molecule has 0 radical (unpaired) electrons. The Hall–Kier alpha value is -4.04. The van der Waals surface area contributed by atoms with Gasteiger partial charge in [-0.3, -0.25) is 14.5 Å². The van der Waals surface area contributed by atoms with E-state index in [0.29, 0.717) is 23.8 Å². The van der Waals surface area contributed by atoms with Crippen LogP contribution in [0, 0.1) is 19.8 Å². The number of amides is 1. The van der Waals surface area contributed by atoms with Gasteiger partial charge in [0.1, 0.15) is 5.75 Å². The minimum absolute atomic E-state index is 0.0505. The summed E-state index contributed by atoms with van der Waals surface area (Å²) in [7, 11) is 1.59. The zero-order valence-corrected chi connectivity index (χ0v) is 21.1. The van der Waals surface area contributed by atoms with Gasteiger partial charge in [-0.25, -0.2) is 0 Å². The molecule has 2 aliphatic heterocycles. The first-order valence-electron chi connectivity index (χ1n) is 12.2. The molecule has 8 heteroatoms. The molecule has 0 unspecified atom stereocenters. The third-order valence-corrected chi connectivity index (χ3v) is 7.18. The summed E-state index contributed by atoms with van der Waals surface area (Å²) in [4.78, 5) is 27.9. The molecule has 2 N–H and O–H groups in total. The van der Waals surface area contributed by atoms with E-state index in [1.54, 1.807) is 7.11 Å². The number of anilines is 1. The highest BCUT2D eigenvalue weighted by molar-refractivity contribution is 5.93. The minimum atomic E-state index is -0.916. The average molecular weight is 503 g/mol. The van der Waals surface area contributed by atoms with Crippen LogP contribution in [0.4, 0.5) is 5.69 Å². The normalized spacial score (nSPS) is 20.6. The first-order valence-corrected chi connectivity index (χ1v) is 12.2. The standard InChI is InChI=1S/C29H30N2O6/c1-17-4-5-18(2)23(12-17)30-26(32)15-31-14-22(20-8-11-24-25(13-20)37-16-36-24)27(29(33)34)28(31)19-6-9-21(35-3)10-7-19/h4-13,22,27-28H,14-16H2,1-3H3,(H,30,32)(H,33,34)/t22-,27-,28+/m0/s1. The molecule has 2 heterocycles. The molecule has 1 saturated heterocycles. The molecule has 8 nitrogen and oxygen atoms in total. The molecule has 0 aromatic heterocycles. The molecule has 192 valence electrons. The van der Waals surface area contributed by atoms with Gasteiger partial charge in [0, 0.05) is 24.2 Å². The summed E-state index contributed by atoms with van der Waals surface area (Å²) in [6, 6.07) is 18.3. The van der Waals surface area contributed by atoms with E-state index in [1.807, 2.05) is 79.4 Å². The zero-order valence-electron chi connectivity index (χ0n) is 21.1. The molecule has 0 aliphatic carbocycles. The number of hydrogen-bond acceptors (Lipinski definition) is 6. The largest absolute Gasteiger partial charge is 0.497 e. The van der Waals surface area contributed by atoms with Crippen LogP contribution in [0.2, 0.25) is 0 Å². The number of hydrogen-bond donors (Lipinski definition) is 2. The third-order valence-electron chi connectivity index (χ3n) is 7.18. The van der Waals surface area contributed by atoms with E-state index >= 15 is 0 Å². The van der Waals surface area contributed by atoms with E-state index in [4.69, 9.17) is 14.2 Å². The maximum Gasteiger partial charge on any atom is 0.309 e. The Morgan fingerprint density at radius 3 is 2.46 bits per heavy atom. The minimum Gasteiger partial charge on any atom is -0.497 e. The van der Waals surface area contributed by atoms with Gasteiger partial charge in [0.25, 0.3) is 0 Å². The van der Waals surface area contributed by atoms with Gasteiger partial charge in [-0.2, -0.15) is 0 Å². The number of nitrogens with zero attached hydrogens (tertiary/aromatic N) is 1. The maximum absolute atomic E-state index is 13.2. The number of aryl methyl sites for hydroxylation is 2. The predicted octanol–water partition coefficient (Wildman–Crippen LogP) is 4.52. The molecule has 0 spiro atoms. The fourth-order valence-electron chi connectivity index (χ4n) is 5.32. The summed E-state index contributed by atoms with van der Waals surface area (Å²) in [6.07, 6.45) is 0. The van der Waals surface area contributed by atoms with Gasteiger partial charge in [-0.05, 0) is 66.4 Å². The molecule has 3 atom stereocenters. The van der Waals surface area contributed by atoms with Crippen molar-refractivity contribution in [1.29, 1.82) is 0 Å². The smallest absolute Gasteiger partial charge is 0.309 e. The molecule has 5 rings (SSSR count). The van der Waals surface area contributed by atoms with Crippen molar-refractivity contribution in [3.8, 4) is 17.2 Å². The van der Waals surface area contributed by atoms with Crippen molar-refractivity contribution in [3.63, 3.8) is 0 Å². The summed E-state index contributed by atoms with van der Waals surface area (Å²) in [5, 5.41) is 13.4. The number of carbonyl (C=O) groups excluding carboxylic acids is 1. The average Bonchev–Trinajstić information content (AvgIpc) is 3.50. The Morgan fingerprint density at radius 1 is 1.00 bits per heavy atom. The predicted molar refractivity (Wildman–Crippen MR) is 138 cm³/mol. The lowest BCUT2D eigenvalue weighted by molar-refractivity contribution is -0.143. The highest BCUT2D eigenvalue weighted by Gasteiger charge is 2.48. The van der Waals surface area contributed by atoms with E-state index in [1.165, 1.54) is 0 Å². The number of carboxylic acid groups (broad SMARTS) is 1. The summed E-state index contributed by atoms with van der Waals surface area (Å²) in [5.74, 6) is -0.308. The molecular formula is C29H30N2O6. The van der Waals surface area contributed by atoms with Gasteiger partial charge in [0.15, 0.2) is 11.5 Å². The van der Waals surface area contributed by atoms with Crippen molar-refractivity contribution in [1.82, 2.24) is 4.90 Å². The zero-order chi connectivity index (χ0) is 26.1. The second kappa shape index (κ2) is 10.1. The van der Waals surface area contributed by atoms with Crippen molar-refractivity contribution in [2.45, 2.75) is 25.8 Å². The Morgan fingerprint density at radius 2 is 1.73 bits per heavy atom. The van der Waals surface area contributed by atoms with Crippen LogP contribution < -0.4 is 19.5 Å². The number of methoxy groups -OCH3 is 1. The number of benzene rings is 3. The number of nitrogens with one attached hydrogen (secondary N) is 1. The van der Waals surface area contributed by atoms with E-state index in [0.717, 1.165) is 27.9 Å². The van der Waals surface area contributed by atoms with Gasteiger partial charge >= 0.3 is 5.97 Å². The van der Waals surface area contributed by atoms with Crippen molar-refractivity contribution >= 4 is 17.6 Å². The Balaban J connectivity index is 1.48. The van der Waals surface area contributed by atoms with E-state index in [-0.39, 0.29) is 25.2 Å². The topological polar surface area (TPSA) is 97.3 Å². The number of rotatable bonds is 7. The monoisotopic (exact) mass is 502 g/mol. The lowest BCUT2D eigenvalue weighted by atomic mass is 9.82. The van der Waals surface area contributed by atoms with Gasteiger partial charge < -0.3 is 24.6 Å². The fraction of sp³-hybridized carbons (Fsp3) is 0.310. The van der Waals surface area contributed by atoms with Crippen molar-refractivity contribution in [2.24, 2.45) is 5.92 Å². The Kier molecular flexibility index (Phi) is 6.76. The highest BCUT2D eigenvalue weighted by atomic mass is 16.7. The Labute approximate surface area is 215 Å². The van der Waals surface area contributed by atoms with E-state index in [2.05, 4.69) is 5.32 Å². The van der Waals surface area contributed by atoms with Crippen molar-refractivity contribution in [2.75, 3.05) is 32.3 Å². The molecule has 0 bridgehead atoms. The van der Waals surface area contributed by atoms with Crippen LogP contribution in [0.1, 0.15) is 34.2 Å². The van der Waals surface area contributed by atoms with Gasteiger partial charge in [-0.1, -0.05) is 30.3 Å². The number of ether oxygens (including phenoxy) is 3. The fourth-order valence-corrected chi connectivity index (χ4v) is 5.32. The number of fused-ring (bicyclic) bond motifs is 1. The van der Waals surface area contributed by atoms with Gasteiger partial charge in [-0.15, -0.1) is 0 Å². The van der Waals surface area contributed by atoms with Crippen molar-refractivity contribution < 1.29 is 28.9 Å². The van der Waals surface area contributed by atoms with Crippen LogP contribution in [-0.4, -0.2) is 48.9 Å². The van der Waals surface area contributed by atoms with E-state index in [9.17, 15) is 14.7 Å². The Bertz CT molecular complexity index is 1320. The molecule has 3 aromatic carbocycles. The number of likely N-dealkylation sites (tertiary alicyclic amines) is 1.